The molecule has 0 radical (unpaired) electrons. The standard InChI is InChI=1S/C16H18FNO2/c1-11(18)12-7-8-15(16(9-12)19-2)20-10-13-5-3-4-6-14(13)17/h3-9,11H,10,18H2,1-2H3/t11-/m1/s1. The van der Waals surface area contributed by atoms with Crippen molar-refractivity contribution in [2.24, 2.45) is 5.73 Å². The number of halogens is 1. The van der Waals surface area contributed by atoms with E-state index in [4.69, 9.17) is 15.2 Å². The lowest BCUT2D eigenvalue weighted by Crippen LogP contribution is -2.06. The average Bonchev–Trinajstić information content (AvgIpc) is 2.46. The summed E-state index contributed by atoms with van der Waals surface area (Å²) in [6.45, 7) is 2.05. The van der Waals surface area contributed by atoms with Crippen LogP contribution in [0.25, 0.3) is 0 Å². The van der Waals surface area contributed by atoms with Crippen LogP contribution in [-0.2, 0) is 6.61 Å². The molecule has 2 aromatic carbocycles. The summed E-state index contributed by atoms with van der Waals surface area (Å²) in [7, 11) is 1.57. The van der Waals surface area contributed by atoms with Gasteiger partial charge in [-0.25, -0.2) is 4.39 Å². The smallest absolute Gasteiger partial charge is 0.161 e. The van der Waals surface area contributed by atoms with Crippen molar-refractivity contribution >= 4 is 0 Å². The molecule has 0 fully saturated rings. The highest BCUT2D eigenvalue weighted by Crippen LogP contribution is 2.30. The molecule has 0 heterocycles. The molecule has 2 N–H and O–H groups in total. The van der Waals surface area contributed by atoms with Crippen molar-refractivity contribution in [1.82, 2.24) is 0 Å². The van der Waals surface area contributed by atoms with Crippen LogP contribution < -0.4 is 15.2 Å². The van der Waals surface area contributed by atoms with Crippen LogP contribution in [0.4, 0.5) is 4.39 Å². The Bertz CT molecular complexity index is 584. The first-order valence-electron chi connectivity index (χ1n) is 6.41. The van der Waals surface area contributed by atoms with Crippen LogP contribution in [0.3, 0.4) is 0 Å². The van der Waals surface area contributed by atoms with E-state index in [1.54, 1.807) is 31.4 Å². The first-order valence-corrected chi connectivity index (χ1v) is 6.41. The molecule has 0 saturated carbocycles. The van der Waals surface area contributed by atoms with Crippen molar-refractivity contribution < 1.29 is 13.9 Å². The van der Waals surface area contributed by atoms with E-state index in [0.717, 1.165) is 5.56 Å². The van der Waals surface area contributed by atoms with E-state index < -0.39 is 0 Å². The molecule has 2 rings (SSSR count). The number of hydrogen-bond acceptors (Lipinski definition) is 3. The van der Waals surface area contributed by atoms with E-state index in [2.05, 4.69) is 0 Å². The molecule has 0 aliphatic heterocycles. The van der Waals surface area contributed by atoms with E-state index in [0.29, 0.717) is 17.1 Å². The lowest BCUT2D eigenvalue weighted by atomic mass is 10.1. The van der Waals surface area contributed by atoms with Crippen LogP contribution in [0.2, 0.25) is 0 Å². The molecule has 0 unspecified atom stereocenters. The lowest BCUT2D eigenvalue weighted by molar-refractivity contribution is 0.279. The van der Waals surface area contributed by atoms with Gasteiger partial charge in [-0.1, -0.05) is 24.3 Å². The van der Waals surface area contributed by atoms with Gasteiger partial charge < -0.3 is 15.2 Å². The van der Waals surface area contributed by atoms with Gasteiger partial charge in [0.2, 0.25) is 0 Å². The number of rotatable bonds is 5. The summed E-state index contributed by atoms with van der Waals surface area (Å²) < 4.78 is 24.4. The van der Waals surface area contributed by atoms with Gasteiger partial charge in [0.15, 0.2) is 11.5 Å². The summed E-state index contributed by atoms with van der Waals surface area (Å²) in [4.78, 5) is 0. The molecule has 0 spiro atoms. The summed E-state index contributed by atoms with van der Waals surface area (Å²) >= 11 is 0. The third-order valence-corrected chi connectivity index (χ3v) is 3.05. The van der Waals surface area contributed by atoms with E-state index in [9.17, 15) is 4.39 Å². The molecular weight excluding hydrogens is 257 g/mol. The van der Waals surface area contributed by atoms with Crippen molar-refractivity contribution in [3.8, 4) is 11.5 Å². The SMILES string of the molecule is COc1cc([C@@H](C)N)ccc1OCc1ccccc1F. The molecule has 106 valence electrons. The second-order valence-electron chi connectivity index (χ2n) is 4.58. The number of benzene rings is 2. The fourth-order valence-corrected chi connectivity index (χ4v) is 1.86. The topological polar surface area (TPSA) is 44.5 Å². The van der Waals surface area contributed by atoms with Crippen LogP contribution >= 0.6 is 0 Å². The Hall–Kier alpha value is -2.07. The second-order valence-corrected chi connectivity index (χ2v) is 4.58. The van der Waals surface area contributed by atoms with Crippen LogP contribution in [-0.4, -0.2) is 7.11 Å². The Morgan fingerprint density at radius 2 is 1.90 bits per heavy atom. The number of hydrogen-bond donors (Lipinski definition) is 1. The summed E-state index contributed by atoms with van der Waals surface area (Å²) in [6.07, 6.45) is 0. The van der Waals surface area contributed by atoms with Crippen molar-refractivity contribution in [1.29, 1.82) is 0 Å². The monoisotopic (exact) mass is 275 g/mol. The van der Waals surface area contributed by atoms with Crippen molar-refractivity contribution in [3.05, 3.63) is 59.4 Å². The third-order valence-electron chi connectivity index (χ3n) is 3.05. The van der Waals surface area contributed by atoms with Gasteiger partial charge in [0.05, 0.1) is 7.11 Å². The fraction of sp³-hybridized carbons (Fsp3) is 0.250. The highest BCUT2D eigenvalue weighted by Gasteiger charge is 2.09. The molecule has 0 bridgehead atoms. The number of nitrogens with two attached hydrogens (primary N) is 1. The highest BCUT2D eigenvalue weighted by atomic mass is 19.1. The summed E-state index contributed by atoms with van der Waals surface area (Å²) in [6, 6.07) is 12.0. The maximum Gasteiger partial charge on any atom is 0.161 e. The molecule has 4 heteroatoms. The molecule has 3 nitrogen and oxygen atoms in total. The van der Waals surface area contributed by atoms with Gasteiger partial charge in [-0.15, -0.1) is 0 Å². The summed E-state index contributed by atoms with van der Waals surface area (Å²) in [5.41, 5.74) is 7.29. The maximum atomic E-state index is 13.5. The first-order chi connectivity index (χ1) is 9.61. The molecule has 0 aromatic heterocycles. The predicted molar refractivity (Wildman–Crippen MR) is 76.3 cm³/mol. The Kier molecular flexibility index (Phi) is 4.58. The zero-order valence-electron chi connectivity index (χ0n) is 11.6. The molecule has 1 atom stereocenters. The van der Waals surface area contributed by atoms with Crippen LogP contribution in [0.5, 0.6) is 11.5 Å². The van der Waals surface area contributed by atoms with Crippen molar-refractivity contribution in [2.75, 3.05) is 7.11 Å². The highest BCUT2D eigenvalue weighted by molar-refractivity contribution is 5.43. The Morgan fingerprint density at radius 1 is 1.15 bits per heavy atom. The van der Waals surface area contributed by atoms with Crippen LogP contribution in [0, 0.1) is 5.82 Å². The molecule has 20 heavy (non-hydrogen) atoms. The lowest BCUT2D eigenvalue weighted by Gasteiger charge is -2.14. The minimum Gasteiger partial charge on any atom is -0.493 e. The van der Waals surface area contributed by atoms with Gasteiger partial charge in [-0.05, 0) is 30.7 Å². The molecule has 0 amide bonds. The first kappa shape index (κ1) is 14.3. The van der Waals surface area contributed by atoms with E-state index in [-0.39, 0.29) is 18.5 Å². The van der Waals surface area contributed by atoms with E-state index in [1.807, 2.05) is 19.1 Å². The molecule has 0 saturated heterocycles. The quantitative estimate of drug-likeness (QED) is 0.909. The Balaban J connectivity index is 2.15. The zero-order chi connectivity index (χ0) is 14.5. The predicted octanol–water partition coefficient (Wildman–Crippen LogP) is 3.43. The zero-order valence-corrected chi connectivity index (χ0v) is 11.6. The largest absolute Gasteiger partial charge is 0.493 e. The summed E-state index contributed by atoms with van der Waals surface area (Å²) in [5, 5.41) is 0. The van der Waals surface area contributed by atoms with Crippen molar-refractivity contribution in [2.45, 2.75) is 19.6 Å². The van der Waals surface area contributed by atoms with Crippen molar-refractivity contribution in [3.63, 3.8) is 0 Å². The normalized spacial score (nSPS) is 12.0. The Labute approximate surface area is 118 Å². The fourth-order valence-electron chi connectivity index (χ4n) is 1.86. The van der Waals surface area contributed by atoms with Gasteiger partial charge in [0.25, 0.3) is 0 Å². The third kappa shape index (κ3) is 3.27. The molecule has 0 aliphatic carbocycles. The van der Waals surface area contributed by atoms with Gasteiger partial charge in [0, 0.05) is 11.6 Å². The Morgan fingerprint density at radius 3 is 2.55 bits per heavy atom. The minimum atomic E-state index is -0.279. The van der Waals surface area contributed by atoms with Gasteiger partial charge in [0.1, 0.15) is 12.4 Å². The van der Waals surface area contributed by atoms with E-state index >= 15 is 0 Å². The van der Waals surface area contributed by atoms with Gasteiger partial charge in [-0.2, -0.15) is 0 Å². The van der Waals surface area contributed by atoms with Gasteiger partial charge >= 0.3 is 0 Å². The average molecular weight is 275 g/mol. The van der Waals surface area contributed by atoms with E-state index in [1.165, 1.54) is 6.07 Å². The second kappa shape index (κ2) is 6.39. The molecule has 0 aliphatic rings. The number of ether oxygens (including phenoxy) is 2. The minimum absolute atomic E-state index is 0.0792. The van der Waals surface area contributed by atoms with Crippen LogP contribution in [0.15, 0.2) is 42.5 Å². The molecule has 2 aromatic rings. The number of methoxy groups -OCH3 is 1. The van der Waals surface area contributed by atoms with Gasteiger partial charge in [-0.3, -0.25) is 0 Å². The van der Waals surface area contributed by atoms with Crippen LogP contribution in [0.1, 0.15) is 24.1 Å². The summed E-state index contributed by atoms with van der Waals surface area (Å²) in [5.74, 6) is 0.884. The maximum absolute atomic E-state index is 13.5. The molecular formula is C16H18FNO2.